The van der Waals surface area contributed by atoms with Crippen LogP contribution in [0.15, 0.2) is 18.2 Å². The molecule has 2 N–H and O–H groups in total. The summed E-state index contributed by atoms with van der Waals surface area (Å²) in [6.45, 7) is 3.93. The summed E-state index contributed by atoms with van der Waals surface area (Å²) in [5.41, 5.74) is 5.67. The number of ether oxygens (including phenoxy) is 1. The van der Waals surface area contributed by atoms with Crippen LogP contribution < -0.4 is 10.6 Å². The minimum atomic E-state index is -0.0716. The lowest BCUT2D eigenvalue weighted by atomic mass is 9.97. The number of piperidine rings is 1. The zero-order valence-corrected chi connectivity index (χ0v) is 10.6. The number of hydrogen-bond donors (Lipinski definition) is 1. The summed E-state index contributed by atoms with van der Waals surface area (Å²) in [6, 6.07) is 5.62. The molecule has 0 spiro atoms. The number of pyridine rings is 1. The van der Waals surface area contributed by atoms with E-state index in [0.29, 0.717) is 12.4 Å². The van der Waals surface area contributed by atoms with E-state index >= 15 is 0 Å². The van der Waals surface area contributed by atoms with Gasteiger partial charge in [-0.15, -0.1) is 0 Å². The Bertz CT molecular complexity index is 414. The highest BCUT2D eigenvalue weighted by Crippen LogP contribution is 2.23. The molecule has 1 aliphatic heterocycles. The molecule has 5 nitrogen and oxygen atoms in total. The molecule has 0 unspecified atom stereocenters. The van der Waals surface area contributed by atoms with Crippen molar-refractivity contribution < 1.29 is 9.53 Å². The van der Waals surface area contributed by atoms with Crippen molar-refractivity contribution >= 4 is 17.6 Å². The average molecular weight is 249 g/mol. The summed E-state index contributed by atoms with van der Waals surface area (Å²) < 4.78 is 5.05. The number of rotatable bonds is 3. The molecule has 0 aliphatic carbocycles. The zero-order chi connectivity index (χ0) is 13.0. The van der Waals surface area contributed by atoms with Gasteiger partial charge in [0.15, 0.2) is 0 Å². The van der Waals surface area contributed by atoms with Crippen LogP contribution in [0.1, 0.15) is 19.8 Å². The Balaban J connectivity index is 1.92. The van der Waals surface area contributed by atoms with Crippen LogP contribution >= 0.6 is 0 Å². The van der Waals surface area contributed by atoms with Crippen LogP contribution in [0.2, 0.25) is 0 Å². The van der Waals surface area contributed by atoms with E-state index in [1.165, 1.54) is 0 Å². The smallest absolute Gasteiger partial charge is 0.309 e. The minimum absolute atomic E-state index is 0.0299. The molecule has 0 radical (unpaired) electrons. The van der Waals surface area contributed by atoms with E-state index in [1.807, 2.05) is 19.1 Å². The number of carbonyl (C=O) groups is 1. The van der Waals surface area contributed by atoms with Gasteiger partial charge in [-0.2, -0.15) is 0 Å². The van der Waals surface area contributed by atoms with Gasteiger partial charge in [0, 0.05) is 13.1 Å². The number of nitrogen functional groups attached to an aromatic ring is 1. The topological polar surface area (TPSA) is 68.5 Å². The maximum atomic E-state index is 11.6. The monoisotopic (exact) mass is 249 g/mol. The van der Waals surface area contributed by atoms with Crippen molar-refractivity contribution in [3.8, 4) is 0 Å². The van der Waals surface area contributed by atoms with Crippen molar-refractivity contribution in [3.63, 3.8) is 0 Å². The molecule has 1 aromatic rings. The number of carbonyl (C=O) groups excluding carboxylic acids is 1. The van der Waals surface area contributed by atoms with Crippen molar-refractivity contribution in [3.05, 3.63) is 18.2 Å². The van der Waals surface area contributed by atoms with Gasteiger partial charge < -0.3 is 15.4 Å². The number of nitrogens with zero attached hydrogens (tertiary/aromatic N) is 2. The summed E-state index contributed by atoms with van der Waals surface area (Å²) in [5, 5.41) is 0. The van der Waals surface area contributed by atoms with Gasteiger partial charge in [-0.25, -0.2) is 4.98 Å². The molecule has 98 valence electrons. The highest BCUT2D eigenvalue weighted by atomic mass is 16.5. The van der Waals surface area contributed by atoms with Gasteiger partial charge in [0.05, 0.1) is 12.5 Å². The zero-order valence-electron chi connectivity index (χ0n) is 10.6. The molecule has 1 saturated heterocycles. The van der Waals surface area contributed by atoms with Crippen LogP contribution in [0.5, 0.6) is 0 Å². The number of aromatic nitrogens is 1. The molecule has 1 aromatic heterocycles. The molecule has 0 amide bonds. The number of anilines is 2. The Kier molecular flexibility index (Phi) is 4.02. The lowest BCUT2D eigenvalue weighted by Gasteiger charge is -2.31. The Morgan fingerprint density at radius 2 is 2.22 bits per heavy atom. The third-order valence-electron chi connectivity index (χ3n) is 3.19. The van der Waals surface area contributed by atoms with Crippen molar-refractivity contribution in [2.24, 2.45) is 5.92 Å². The first-order valence-electron chi connectivity index (χ1n) is 6.35. The first kappa shape index (κ1) is 12.7. The van der Waals surface area contributed by atoms with Crippen LogP contribution in [0.25, 0.3) is 0 Å². The van der Waals surface area contributed by atoms with Gasteiger partial charge in [0.2, 0.25) is 0 Å². The molecule has 0 saturated carbocycles. The average Bonchev–Trinajstić information content (AvgIpc) is 2.39. The SMILES string of the molecule is CCOC(=O)C1CCN(c2cccc(N)n2)CC1. The predicted octanol–water partition coefficient (Wildman–Crippen LogP) is 1.44. The highest BCUT2D eigenvalue weighted by molar-refractivity contribution is 5.72. The van der Waals surface area contributed by atoms with Crippen molar-refractivity contribution in [2.75, 3.05) is 30.3 Å². The van der Waals surface area contributed by atoms with Gasteiger partial charge >= 0.3 is 5.97 Å². The summed E-state index contributed by atoms with van der Waals surface area (Å²) in [7, 11) is 0. The van der Waals surface area contributed by atoms with E-state index in [2.05, 4.69) is 9.88 Å². The summed E-state index contributed by atoms with van der Waals surface area (Å²) >= 11 is 0. The first-order valence-corrected chi connectivity index (χ1v) is 6.35. The molecule has 1 aliphatic rings. The van der Waals surface area contributed by atoms with Crippen molar-refractivity contribution in [2.45, 2.75) is 19.8 Å². The third-order valence-corrected chi connectivity index (χ3v) is 3.19. The quantitative estimate of drug-likeness (QED) is 0.821. The highest BCUT2D eigenvalue weighted by Gasteiger charge is 2.26. The molecular formula is C13H19N3O2. The molecule has 5 heteroatoms. The van der Waals surface area contributed by atoms with E-state index in [1.54, 1.807) is 6.07 Å². The van der Waals surface area contributed by atoms with Crippen LogP contribution in [0.3, 0.4) is 0 Å². The fourth-order valence-electron chi connectivity index (χ4n) is 2.22. The lowest BCUT2D eigenvalue weighted by molar-refractivity contribution is -0.148. The Morgan fingerprint density at radius 3 is 2.83 bits per heavy atom. The van der Waals surface area contributed by atoms with E-state index in [4.69, 9.17) is 10.5 Å². The second-order valence-electron chi connectivity index (χ2n) is 4.43. The van der Waals surface area contributed by atoms with Crippen LogP contribution in [-0.4, -0.2) is 30.6 Å². The molecular weight excluding hydrogens is 230 g/mol. The van der Waals surface area contributed by atoms with Gasteiger partial charge in [0.1, 0.15) is 11.6 Å². The fourth-order valence-corrected chi connectivity index (χ4v) is 2.22. The van der Waals surface area contributed by atoms with Gasteiger partial charge in [-0.3, -0.25) is 4.79 Å². The summed E-state index contributed by atoms with van der Waals surface area (Å²) in [5.74, 6) is 1.37. The Morgan fingerprint density at radius 1 is 1.50 bits per heavy atom. The van der Waals surface area contributed by atoms with Gasteiger partial charge in [0.25, 0.3) is 0 Å². The molecule has 0 atom stereocenters. The largest absolute Gasteiger partial charge is 0.466 e. The van der Waals surface area contributed by atoms with E-state index in [0.717, 1.165) is 31.7 Å². The van der Waals surface area contributed by atoms with Gasteiger partial charge in [-0.05, 0) is 31.9 Å². The second kappa shape index (κ2) is 5.71. The molecule has 0 aromatic carbocycles. The first-order chi connectivity index (χ1) is 8.70. The van der Waals surface area contributed by atoms with Crippen LogP contribution in [-0.2, 0) is 9.53 Å². The number of hydrogen-bond acceptors (Lipinski definition) is 5. The molecule has 1 fully saturated rings. The Hall–Kier alpha value is -1.78. The number of nitrogens with two attached hydrogens (primary N) is 1. The molecule has 2 rings (SSSR count). The predicted molar refractivity (Wildman–Crippen MR) is 70.2 cm³/mol. The van der Waals surface area contributed by atoms with Crippen molar-refractivity contribution in [1.29, 1.82) is 0 Å². The maximum absolute atomic E-state index is 11.6. The minimum Gasteiger partial charge on any atom is -0.466 e. The lowest BCUT2D eigenvalue weighted by Crippen LogP contribution is -2.37. The normalized spacial score (nSPS) is 16.6. The summed E-state index contributed by atoms with van der Waals surface area (Å²) in [6.07, 6.45) is 1.63. The van der Waals surface area contributed by atoms with E-state index in [-0.39, 0.29) is 11.9 Å². The summed E-state index contributed by atoms with van der Waals surface area (Å²) in [4.78, 5) is 18.1. The molecule has 2 heterocycles. The second-order valence-corrected chi connectivity index (χ2v) is 4.43. The number of esters is 1. The van der Waals surface area contributed by atoms with E-state index in [9.17, 15) is 4.79 Å². The van der Waals surface area contributed by atoms with Crippen LogP contribution in [0.4, 0.5) is 11.6 Å². The Labute approximate surface area is 107 Å². The van der Waals surface area contributed by atoms with Crippen LogP contribution in [0, 0.1) is 5.92 Å². The fraction of sp³-hybridized carbons (Fsp3) is 0.538. The van der Waals surface area contributed by atoms with Crippen molar-refractivity contribution in [1.82, 2.24) is 4.98 Å². The maximum Gasteiger partial charge on any atom is 0.309 e. The molecule has 0 bridgehead atoms. The standard InChI is InChI=1S/C13H19N3O2/c1-2-18-13(17)10-6-8-16(9-7-10)12-5-3-4-11(14)15-12/h3-5,10H,2,6-9H2,1H3,(H2,14,15). The third kappa shape index (κ3) is 2.91. The van der Waals surface area contributed by atoms with E-state index < -0.39 is 0 Å². The molecule has 18 heavy (non-hydrogen) atoms. The van der Waals surface area contributed by atoms with Gasteiger partial charge in [-0.1, -0.05) is 6.07 Å².